The fourth-order valence-corrected chi connectivity index (χ4v) is 1.76. The third kappa shape index (κ3) is 2.24. The summed E-state index contributed by atoms with van der Waals surface area (Å²) in [6, 6.07) is 11.9. The molecule has 0 saturated heterocycles. The number of nitrogens with two attached hydrogens (primary N) is 1. The highest BCUT2D eigenvalue weighted by Crippen LogP contribution is 2.31. The molecule has 4 heteroatoms. The van der Waals surface area contributed by atoms with Crippen molar-refractivity contribution < 1.29 is 9.90 Å². The summed E-state index contributed by atoms with van der Waals surface area (Å²) in [5, 5.41) is 9.29. The minimum Gasteiger partial charge on any atom is -0.478 e. The molecule has 0 heterocycles. The van der Waals surface area contributed by atoms with Crippen molar-refractivity contribution in [2.45, 2.75) is 0 Å². The SMILES string of the molecule is Nc1c(Cl)cccc1-c1ccc(C(=O)O)cc1. The largest absolute Gasteiger partial charge is 0.478 e. The Bertz CT molecular complexity index is 564. The lowest BCUT2D eigenvalue weighted by molar-refractivity contribution is 0.0697. The summed E-state index contributed by atoms with van der Waals surface area (Å²) in [4.78, 5) is 10.7. The van der Waals surface area contributed by atoms with Gasteiger partial charge in [0.05, 0.1) is 16.3 Å². The number of hydrogen-bond acceptors (Lipinski definition) is 2. The van der Waals surface area contributed by atoms with E-state index in [0.29, 0.717) is 10.7 Å². The van der Waals surface area contributed by atoms with E-state index in [1.807, 2.05) is 6.07 Å². The average Bonchev–Trinajstić information content (AvgIpc) is 2.33. The van der Waals surface area contributed by atoms with E-state index in [1.165, 1.54) is 12.1 Å². The molecule has 0 radical (unpaired) electrons. The summed E-state index contributed by atoms with van der Waals surface area (Å²) < 4.78 is 0. The highest BCUT2D eigenvalue weighted by Gasteiger charge is 2.07. The van der Waals surface area contributed by atoms with Crippen molar-refractivity contribution in [3.05, 3.63) is 53.1 Å². The Hall–Kier alpha value is -2.00. The molecular formula is C13H10ClNO2. The highest BCUT2D eigenvalue weighted by atomic mass is 35.5. The first kappa shape index (κ1) is 11.5. The molecule has 0 fully saturated rings. The molecule has 0 atom stereocenters. The number of rotatable bonds is 2. The highest BCUT2D eigenvalue weighted by molar-refractivity contribution is 6.33. The lowest BCUT2D eigenvalue weighted by Gasteiger charge is -2.07. The molecule has 17 heavy (non-hydrogen) atoms. The molecule has 0 unspecified atom stereocenters. The zero-order valence-electron chi connectivity index (χ0n) is 8.85. The molecule has 0 aliphatic rings. The zero-order valence-corrected chi connectivity index (χ0v) is 9.61. The zero-order chi connectivity index (χ0) is 12.4. The molecule has 0 saturated carbocycles. The van der Waals surface area contributed by atoms with Gasteiger partial charge in [0.1, 0.15) is 0 Å². The minimum atomic E-state index is -0.949. The Morgan fingerprint density at radius 3 is 2.35 bits per heavy atom. The first-order chi connectivity index (χ1) is 8.09. The third-order valence-corrected chi connectivity index (χ3v) is 2.83. The molecule has 0 aliphatic heterocycles. The van der Waals surface area contributed by atoms with E-state index in [0.717, 1.165) is 11.1 Å². The van der Waals surface area contributed by atoms with Gasteiger partial charge in [-0.2, -0.15) is 0 Å². The van der Waals surface area contributed by atoms with E-state index in [1.54, 1.807) is 24.3 Å². The Morgan fingerprint density at radius 1 is 1.12 bits per heavy atom. The van der Waals surface area contributed by atoms with Gasteiger partial charge in [-0.25, -0.2) is 4.79 Å². The van der Waals surface area contributed by atoms with Crippen LogP contribution in [0.1, 0.15) is 10.4 Å². The van der Waals surface area contributed by atoms with Gasteiger partial charge in [-0.15, -0.1) is 0 Å². The first-order valence-corrected chi connectivity index (χ1v) is 5.35. The number of nitrogen functional groups attached to an aromatic ring is 1. The van der Waals surface area contributed by atoms with Crippen molar-refractivity contribution >= 4 is 23.3 Å². The quantitative estimate of drug-likeness (QED) is 0.801. The lowest BCUT2D eigenvalue weighted by atomic mass is 10.0. The number of aromatic carboxylic acids is 1. The van der Waals surface area contributed by atoms with Gasteiger partial charge >= 0.3 is 5.97 Å². The van der Waals surface area contributed by atoms with Crippen molar-refractivity contribution in [3.63, 3.8) is 0 Å². The van der Waals surface area contributed by atoms with E-state index in [9.17, 15) is 4.79 Å². The van der Waals surface area contributed by atoms with Gasteiger partial charge in [0.2, 0.25) is 0 Å². The van der Waals surface area contributed by atoms with E-state index < -0.39 is 5.97 Å². The monoisotopic (exact) mass is 247 g/mol. The Labute approximate surface area is 103 Å². The van der Waals surface area contributed by atoms with E-state index in [2.05, 4.69) is 0 Å². The van der Waals surface area contributed by atoms with Crippen LogP contribution in [-0.2, 0) is 0 Å². The summed E-state index contributed by atoms with van der Waals surface area (Å²) >= 11 is 5.93. The van der Waals surface area contributed by atoms with Gasteiger partial charge in [0.25, 0.3) is 0 Å². The Balaban J connectivity index is 2.47. The van der Waals surface area contributed by atoms with E-state index >= 15 is 0 Å². The van der Waals surface area contributed by atoms with Crippen LogP contribution in [0.2, 0.25) is 5.02 Å². The maximum Gasteiger partial charge on any atom is 0.335 e. The molecule has 0 aliphatic carbocycles. The van der Waals surface area contributed by atoms with Crippen LogP contribution in [0.25, 0.3) is 11.1 Å². The van der Waals surface area contributed by atoms with Crippen LogP contribution in [0.3, 0.4) is 0 Å². The Kier molecular flexibility index (Phi) is 3.02. The fourth-order valence-electron chi connectivity index (χ4n) is 1.58. The van der Waals surface area contributed by atoms with Crippen LogP contribution in [0, 0.1) is 0 Å². The van der Waals surface area contributed by atoms with Gasteiger partial charge in [-0.3, -0.25) is 0 Å². The van der Waals surface area contributed by atoms with Crippen molar-refractivity contribution in [3.8, 4) is 11.1 Å². The number of carboxylic acids is 1. The second kappa shape index (κ2) is 4.47. The third-order valence-electron chi connectivity index (χ3n) is 2.50. The number of halogens is 1. The van der Waals surface area contributed by atoms with E-state index in [-0.39, 0.29) is 5.56 Å². The maximum absolute atomic E-state index is 10.7. The average molecular weight is 248 g/mol. The van der Waals surface area contributed by atoms with Crippen LogP contribution in [-0.4, -0.2) is 11.1 Å². The summed E-state index contributed by atoms with van der Waals surface area (Å²) in [6.45, 7) is 0. The van der Waals surface area contributed by atoms with Crippen LogP contribution in [0.5, 0.6) is 0 Å². The van der Waals surface area contributed by atoms with Crippen molar-refractivity contribution in [1.82, 2.24) is 0 Å². The summed E-state index contributed by atoms with van der Waals surface area (Å²) in [7, 11) is 0. The molecule has 86 valence electrons. The fraction of sp³-hybridized carbons (Fsp3) is 0. The summed E-state index contributed by atoms with van der Waals surface area (Å²) in [5.74, 6) is -0.949. The molecule has 3 N–H and O–H groups in total. The number of hydrogen-bond donors (Lipinski definition) is 2. The molecule has 2 aromatic rings. The van der Waals surface area contributed by atoms with Crippen LogP contribution >= 0.6 is 11.6 Å². The second-order valence-corrected chi connectivity index (χ2v) is 3.99. The lowest BCUT2D eigenvalue weighted by Crippen LogP contribution is -1.96. The van der Waals surface area contributed by atoms with Crippen molar-refractivity contribution in [1.29, 1.82) is 0 Å². The molecule has 0 aromatic heterocycles. The second-order valence-electron chi connectivity index (χ2n) is 3.58. The maximum atomic E-state index is 10.7. The number of para-hydroxylation sites is 1. The van der Waals surface area contributed by atoms with Crippen molar-refractivity contribution in [2.75, 3.05) is 5.73 Å². The molecule has 3 nitrogen and oxygen atoms in total. The van der Waals surface area contributed by atoms with Gasteiger partial charge in [-0.05, 0) is 23.8 Å². The van der Waals surface area contributed by atoms with Gasteiger partial charge in [0, 0.05) is 5.56 Å². The normalized spacial score (nSPS) is 10.2. The smallest absolute Gasteiger partial charge is 0.335 e. The molecule has 2 rings (SSSR count). The van der Waals surface area contributed by atoms with Crippen molar-refractivity contribution in [2.24, 2.45) is 0 Å². The number of benzene rings is 2. The summed E-state index contributed by atoms with van der Waals surface area (Å²) in [5.41, 5.74) is 8.25. The number of carbonyl (C=O) groups is 1. The summed E-state index contributed by atoms with van der Waals surface area (Å²) in [6.07, 6.45) is 0. The van der Waals surface area contributed by atoms with E-state index in [4.69, 9.17) is 22.4 Å². The van der Waals surface area contributed by atoms with Gasteiger partial charge in [0.15, 0.2) is 0 Å². The molecule has 0 bridgehead atoms. The first-order valence-electron chi connectivity index (χ1n) is 4.97. The van der Waals surface area contributed by atoms with Gasteiger partial charge < -0.3 is 10.8 Å². The standard InChI is InChI=1S/C13H10ClNO2/c14-11-3-1-2-10(12(11)15)8-4-6-9(7-5-8)13(16)17/h1-7H,15H2,(H,16,17). The molecule has 2 aromatic carbocycles. The predicted octanol–water partition coefficient (Wildman–Crippen LogP) is 3.29. The molecular weight excluding hydrogens is 238 g/mol. The molecule has 0 spiro atoms. The van der Waals surface area contributed by atoms with Gasteiger partial charge in [-0.1, -0.05) is 35.9 Å². The number of anilines is 1. The minimum absolute atomic E-state index is 0.245. The van der Waals surface area contributed by atoms with Crippen LogP contribution in [0.4, 0.5) is 5.69 Å². The number of carboxylic acid groups (broad SMARTS) is 1. The Morgan fingerprint density at radius 2 is 1.76 bits per heavy atom. The predicted molar refractivity (Wildman–Crippen MR) is 68.3 cm³/mol. The van der Waals surface area contributed by atoms with Crippen LogP contribution in [0.15, 0.2) is 42.5 Å². The topological polar surface area (TPSA) is 63.3 Å². The molecule has 0 amide bonds. The van der Waals surface area contributed by atoms with Crippen LogP contribution < -0.4 is 5.73 Å².